The van der Waals surface area contributed by atoms with Crippen LogP contribution in [0.2, 0.25) is 0 Å². The maximum Gasteiger partial charge on any atom is 0.0461 e. The third kappa shape index (κ3) is 2.45. The van der Waals surface area contributed by atoms with Crippen LogP contribution in [0, 0.1) is 12.8 Å². The smallest absolute Gasteiger partial charge is 0.0461 e. The van der Waals surface area contributed by atoms with Crippen molar-refractivity contribution < 1.29 is 0 Å². The summed E-state index contributed by atoms with van der Waals surface area (Å²) < 4.78 is 0. The minimum absolute atomic E-state index is 0.638. The number of aromatic amines is 1. The fourth-order valence-corrected chi connectivity index (χ4v) is 5.61. The van der Waals surface area contributed by atoms with Crippen molar-refractivity contribution in [3.8, 4) is 0 Å². The number of piperidine rings is 1. The topological polar surface area (TPSA) is 19.0 Å². The van der Waals surface area contributed by atoms with Crippen molar-refractivity contribution in [2.24, 2.45) is 5.92 Å². The number of nitrogens with one attached hydrogen (secondary N) is 1. The number of hydrogen-bond donors (Lipinski definition) is 1. The first-order chi connectivity index (χ1) is 11.2. The van der Waals surface area contributed by atoms with Crippen molar-refractivity contribution in [2.45, 2.75) is 31.7 Å². The van der Waals surface area contributed by atoms with Gasteiger partial charge in [-0.05, 0) is 54.9 Å². The molecule has 0 spiro atoms. The zero-order valence-electron chi connectivity index (χ0n) is 14.1. The molecule has 0 radical (unpaired) electrons. The molecule has 3 heteroatoms. The average Bonchev–Trinajstić information content (AvgIpc) is 2.86. The van der Waals surface area contributed by atoms with Crippen LogP contribution >= 0.6 is 11.8 Å². The summed E-state index contributed by atoms with van der Waals surface area (Å²) in [7, 11) is 0. The third-order valence-corrected chi connectivity index (χ3v) is 6.57. The number of likely N-dealkylation sites (tertiary alicyclic amines) is 1. The van der Waals surface area contributed by atoms with Gasteiger partial charge in [0, 0.05) is 41.6 Å². The van der Waals surface area contributed by atoms with Gasteiger partial charge in [-0.25, -0.2) is 0 Å². The number of rotatable bonds is 4. The van der Waals surface area contributed by atoms with Gasteiger partial charge in [0.05, 0.1) is 0 Å². The first-order valence-corrected chi connectivity index (χ1v) is 10.1. The molecular weight excluding hydrogens is 300 g/mol. The number of benzene rings is 1. The molecule has 1 aromatic carbocycles. The highest BCUT2D eigenvalue weighted by Gasteiger charge is 2.40. The average molecular weight is 327 g/mol. The summed E-state index contributed by atoms with van der Waals surface area (Å²) in [6, 6.07) is 7.48. The van der Waals surface area contributed by atoms with Gasteiger partial charge in [0.1, 0.15) is 0 Å². The van der Waals surface area contributed by atoms with E-state index in [0.29, 0.717) is 12.0 Å². The van der Waals surface area contributed by atoms with Crippen molar-refractivity contribution in [1.82, 2.24) is 9.88 Å². The highest BCUT2D eigenvalue weighted by Crippen LogP contribution is 2.45. The van der Waals surface area contributed by atoms with E-state index in [9.17, 15) is 0 Å². The molecule has 2 aromatic rings. The van der Waals surface area contributed by atoms with E-state index < -0.39 is 0 Å². The van der Waals surface area contributed by atoms with Gasteiger partial charge in [0.25, 0.3) is 0 Å². The van der Waals surface area contributed by atoms with E-state index in [1.54, 1.807) is 11.1 Å². The van der Waals surface area contributed by atoms with E-state index in [4.69, 9.17) is 0 Å². The van der Waals surface area contributed by atoms with E-state index in [-0.39, 0.29) is 0 Å². The highest BCUT2D eigenvalue weighted by molar-refractivity contribution is 7.98. The molecule has 2 nitrogen and oxygen atoms in total. The fraction of sp³-hybridized carbons (Fsp3) is 0.500. The molecule has 2 heterocycles. The van der Waals surface area contributed by atoms with Crippen LogP contribution < -0.4 is 0 Å². The van der Waals surface area contributed by atoms with Crippen molar-refractivity contribution in [1.29, 1.82) is 0 Å². The molecule has 0 saturated carbocycles. The summed E-state index contributed by atoms with van der Waals surface area (Å²) in [5, 5.41) is 1.52. The molecule has 1 aromatic heterocycles. The summed E-state index contributed by atoms with van der Waals surface area (Å²) in [6.07, 6.45) is 6.84. The van der Waals surface area contributed by atoms with Gasteiger partial charge in [-0.15, -0.1) is 6.58 Å². The molecule has 1 unspecified atom stereocenters. The monoisotopic (exact) mass is 326 g/mol. The second-order valence-electron chi connectivity index (χ2n) is 7.18. The van der Waals surface area contributed by atoms with Crippen LogP contribution in [0.4, 0.5) is 0 Å². The largest absolute Gasteiger partial charge is 0.358 e. The van der Waals surface area contributed by atoms with Gasteiger partial charge in [0.2, 0.25) is 0 Å². The second kappa shape index (κ2) is 6.03. The Balaban J connectivity index is 1.80. The number of fused-ring (bicyclic) bond motifs is 2. The molecule has 0 bridgehead atoms. The molecule has 1 aliphatic heterocycles. The maximum atomic E-state index is 4.00. The number of hydrogen-bond acceptors (Lipinski definition) is 2. The lowest BCUT2D eigenvalue weighted by Gasteiger charge is -2.47. The minimum Gasteiger partial charge on any atom is -0.358 e. The molecular formula is C20H26N2S. The second-order valence-corrected chi connectivity index (χ2v) is 8.09. The first-order valence-electron chi connectivity index (χ1n) is 8.66. The van der Waals surface area contributed by atoms with E-state index >= 15 is 0 Å². The predicted molar refractivity (Wildman–Crippen MR) is 102 cm³/mol. The van der Waals surface area contributed by atoms with Crippen LogP contribution in [0.5, 0.6) is 0 Å². The Bertz CT molecular complexity index is 733. The first kappa shape index (κ1) is 15.3. The zero-order chi connectivity index (χ0) is 16.0. The molecule has 1 fully saturated rings. The Morgan fingerprint density at radius 2 is 2.30 bits per heavy atom. The van der Waals surface area contributed by atoms with Crippen LogP contribution in [-0.4, -0.2) is 41.0 Å². The number of nitrogens with zero attached hydrogens (tertiary/aromatic N) is 1. The Hall–Kier alpha value is -1.19. The Morgan fingerprint density at radius 1 is 1.43 bits per heavy atom. The Morgan fingerprint density at radius 3 is 3.09 bits per heavy atom. The standard InChI is InChI=1S/C20H26N2S/c1-4-8-22-11-14(12-23-3)9-17-15-6-5-7-18-20(15)16(10-19(17)22)13(2)21-18/h4-7,14,17,19,21H,1,8-12H2,2-3H3/t14?,17-,19-/m1/s1. The van der Waals surface area contributed by atoms with Crippen molar-refractivity contribution in [2.75, 3.05) is 25.1 Å². The van der Waals surface area contributed by atoms with E-state index in [1.165, 1.54) is 41.7 Å². The summed E-state index contributed by atoms with van der Waals surface area (Å²) in [5.74, 6) is 2.74. The van der Waals surface area contributed by atoms with Gasteiger partial charge >= 0.3 is 0 Å². The van der Waals surface area contributed by atoms with Gasteiger partial charge in [-0.2, -0.15) is 11.8 Å². The number of H-pyrrole nitrogens is 1. The zero-order valence-corrected chi connectivity index (χ0v) is 15.0. The molecule has 1 N–H and O–H groups in total. The van der Waals surface area contributed by atoms with Gasteiger partial charge < -0.3 is 4.98 Å². The SMILES string of the molecule is C=CCN1CC(CSC)C[C@@H]2c3cccc4[nH]c(C)c(c34)C[C@H]21. The van der Waals surface area contributed by atoms with E-state index in [0.717, 1.165) is 12.5 Å². The lowest BCUT2D eigenvalue weighted by atomic mass is 9.72. The summed E-state index contributed by atoms with van der Waals surface area (Å²) in [6.45, 7) is 8.47. The maximum absolute atomic E-state index is 4.00. The van der Waals surface area contributed by atoms with E-state index in [2.05, 4.69) is 53.9 Å². The lowest BCUT2D eigenvalue weighted by Crippen LogP contribution is -2.50. The van der Waals surface area contributed by atoms with Crippen LogP contribution in [0.1, 0.15) is 29.2 Å². The van der Waals surface area contributed by atoms with Crippen molar-refractivity contribution in [3.05, 3.63) is 47.7 Å². The molecule has 1 aliphatic carbocycles. The molecule has 122 valence electrons. The summed E-state index contributed by atoms with van der Waals surface area (Å²) >= 11 is 1.99. The van der Waals surface area contributed by atoms with Crippen LogP contribution in [0.3, 0.4) is 0 Å². The van der Waals surface area contributed by atoms with Crippen LogP contribution in [0.15, 0.2) is 30.9 Å². The Labute approximate surface area is 143 Å². The number of aromatic nitrogens is 1. The minimum atomic E-state index is 0.638. The Kier molecular flexibility index (Phi) is 4.02. The molecule has 4 rings (SSSR count). The molecule has 0 amide bonds. The molecule has 23 heavy (non-hydrogen) atoms. The molecule has 3 atom stereocenters. The molecule has 2 aliphatic rings. The third-order valence-electron chi connectivity index (χ3n) is 5.77. The highest BCUT2D eigenvalue weighted by atomic mass is 32.2. The van der Waals surface area contributed by atoms with Gasteiger partial charge in [-0.1, -0.05) is 18.2 Å². The number of thioether (sulfide) groups is 1. The lowest BCUT2D eigenvalue weighted by molar-refractivity contribution is 0.105. The molecule has 1 saturated heterocycles. The number of aryl methyl sites for hydroxylation is 1. The van der Waals surface area contributed by atoms with Crippen LogP contribution in [-0.2, 0) is 6.42 Å². The summed E-state index contributed by atoms with van der Waals surface area (Å²) in [4.78, 5) is 6.30. The van der Waals surface area contributed by atoms with E-state index in [1.807, 2.05) is 11.8 Å². The fourth-order valence-electron chi connectivity index (χ4n) is 4.90. The summed E-state index contributed by atoms with van der Waals surface area (Å²) in [5.41, 5.74) is 5.82. The normalized spacial score (nSPS) is 27.1. The predicted octanol–water partition coefficient (Wildman–Crippen LogP) is 4.36. The van der Waals surface area contributed by atoms with Crippen molar-refractivity contribution in [3.63, 3.8) is 0 Å². The van der Waals surface area contributed by atoms with Crippen molar-refractivity contribution >= 4 is 22.7 Å². The quantitative estimate of drug-likeness (QED) is 0.842. The van der Waals surface area contributed by atoms with Crippen LogP contribution in [0.25, 0.3) is 10.9 Å². The van der Waals surface area contributed by atoms with Gasteiger partial charge in [0.15, 0.2) is 0 Å². The van der Waals surface area contributed by atoms with Gasteiger partial charge in [-0.3, -0.25) is 4.90 Å².